The van der Waals surface area contributed by atoms with Gasteiger partial charge in [0.05, 0.1) is 0 Å². The number of hydrogen-bond donors (Lipinski definition) is 0. The van der Waals surface area contributed by atoms with Gasteiger partial charge in [0, 0.05) is 37.2 Å². The van der Waals surface area contributed by atoms with Crippen LogP contribution < -0.4 is 0 Å². The molecule has 1 radical (unpaired) electrons. The Kier molecular flexibility index (Phi) is 11.4. The fourth-order valence-corrected chi connectivity index (χ4v) is 2.13. The van der Waals surface area contributed by atoms with Crippen molar-refractivity contribution in [3.63, 3.8) is 0 Å². The normalized spacial score (nSPS) is 11.5. The summed E-state index contributed by atoms with van der Waals surface area (Å²) in [5.41, 5.74) is 15.0. The molecule has 0 heterocycles. The third-order valence-corrected chi connectivity index (χ3v) is 3.40. The van der Waals surface area contributed by atoms with Crippen molar-refractivity contribution in [1.29, 1.82) is 0 Å². The minimum absolute atomic E-state index is 0. The van der Waals surface area contributed by atoms with Crippen LogP contribution in [0.3, 0.4) is 0 Å². The first-order valence-electron chi connectivity index (χ1n) is 7.73. The van der Waals surface area contributed by atoms with Crippen LogP contribution in [0.1, 0.15) is 26.3 Å². The Morgan fingerprint density at radius 2 is 1.77 bits per heavy atom. The molecule has 1 unspecified atom stereocenters. The predicted octanol–water partition coefficient (Wildman–Crippen LogP) is 6.26. The molecule has 0 aliphatic carbocycles. The SMILES string of the molecule is CC(C)(C)OC(=O)C([NH-])Cc1ccccc1.[NH-]c1ccc(Br)cc1F.[Y]. The van der Waals surface area contributed by atoms with E-state index in [4.69, 9.17) is 16.2 Å². The molecule has 0 aliphatic rings. The Morgan fingerprint density at radius 3 is 2.23 bits per heavy atom. The summed E-state index contributed by atoms with van der Waals surface area (Å²) in [7, 11) is 0. The monoisotopic (exact) mass is 497 g/mol. The molecular formula is C19H22BrFN2O2Y-2. The topological polar surface area (TPSA) is 73.9 Å². The van der Waals surface area contributed by atoms with Gasteiger partial charge in [-0.25, -0.2) is 4.39 Å². The molecule has 7 heteroatoms. The van der Waals surface area contributed by atoms with Crippen molar-refractivity contribution in [3.8, 4) is 0 Å². The van der Waals surface area contributed by atoms with E-state index < -0.39 is 23.4 Å². The molecule has 0 fully saturated rings. The fourth-order valence-electron chi connectivity index (χ4n) is 1.80. The van der Waals surface area contributed by atoms with E-state index in [0.717, 1.165) is 5.56 Å². The Bertz CT molecular complexity index is 694. The summed E-state index contributed by atoms with van der Waals surface area (Å²) in [5.74, 6) is -0.958. The van der Waals surface area contributed by atoms with Gasteiger partial charge < -0.3 is 16.2 Å². The van der Waals surface area contributed by atoms with E-state index in [2.05, 4.69) is 15.9 Å². The van der Waals surface area contributed by atoms with E-state index in [-0.39, 0.29) is 38.4 Å². The Morgan fingerprint density at radius 1 is 1.19 bits per heavy atom. The van der Waals surface area contributed by atoms with Gasteiger partial charge in [-0.1, -0.05) is 52.3 Å². The maximum Gasteiger partial charge on any atom is 0.288 e. The average Bonchev–Trinajstić information content (AvgIpc) is 2.51. The molecule has 0 aliphatic heterocycles. The zero-order valence-corrected chi connectivity index (χ0v) is 19.5. The van der Waals surface area contributed by atoms with Crippen LogP contribution in [0.5, 0.6) is 0 Å². The molecule has 0 bridgehead atoms. The molecule has 2 N–H and O–H groups in total. The largest absolute Gasteiger partial charge is 0.696 e. The van der Waals surface area contributed by atoms with E-state index in [9.17, 15) is 9.18 Å². The van der Waals surface area contributed by atoms with Crippen molar-refractivity contribution in [2.24, 2.45) is 0 Å². The maximum absolute atomic E-state index is 12.4. The number of carbonyl (C=O) groups is 1. The van der Waals surface area contributed by atoms with E-state index in [1.165, 1.54) is 12.1 Å². The molecule has 0 aromatic heterocycles. The number of carbonyl (C=O) groups excluding carboxylic acids is 1. The molecule has 0 saturated carbocycles. The number of ether oxygens (including phenoxy) is 1. The second-order valence-corrected chi connectivity index (χ2v) is 7.32. The summed E-state index contributed by atoms with van der Waals surface area (Å²) in [6.07, 6.45) is 0.399. The third kappa shape index (κ3) is 10.4. The molecule has 4 nitrogen and oxygen atoms in total. The summed E-state index contributed by atoms with van der Waals surface area (Å²) in [5, 5.41) is 0. The number of rotatable bonds is 3. The number of benzene rings is 2. The van der Waals surface area contributed by atoms with Crippen molar-refractivity contribution < 1.29 is 46.6 Å². The van der Waals surface area contributed by atoms with E-state index in [1.54, 1.807) is 26.8 Å². The van der Waals surface area contributed by atoms with Gasteiger partial charge >= 0.3 is 0 Å². The molecular weight excluding hydrogens is 476 g/mol. The van der Waals surface area contributed by atoms with Crippen molar-refractivity contribution in [2.75, 3.05) is 0 Å². The minimum Gasteiger partial charge on any atom is -0.696 e. The van der Waals surface area contributed by atoms with Gasteiger partial charge in [0.15, 0.2) is 0 Å². The van der Waals surface area contributed by atoms with Crippen molar-refractivity contribution in [1.82, 2.24) is 0 Å². The van der Waals surface area contributed by atoms with Crippen molar-refractivity contribution in [2.45, 2.75) is 38.8 Å². The number of halogens is 2. The molecule has 0 amide bonds. The van der Waals surface area contributed by atoms with E-state index >= 15 is 0 Å². The fraction of sp³-hybridized carbons (Fsp3) is 0.316. The van der Waals surface area contributed by atoms with Gasteiger partial charge in [0.1, 0.15) is 11.4 Å². The summed E-state index contributed by atoms with van der Waals surface area (Å²) in [6, 6.07) is 13.0. The molecule has 0 spiro atoms. The van der Waals surface area contributed by atoms with Crippen LogP contribution >= 0.6 is 15.9 Å². The van der Waals surface area contributed by atoms with Crippen LogP contribution in [0.4, 0.5) is 10.1 Å². The zero-order valence-electron chi connectivity index (χ0n) is 15.1. The molecule has 2 rings (SSSR count). The van der Waals surface area contributed by atoms with Gasteiger partial charge in [-0.2, -0.15) is 0 Å². The first-order valence-corrected chi connectivity index (χ1v) is 8.52. The number of nitrogens with one attached hydrogen (secondary N) is 2. The van der Waals surface area contributed by atoms with Gasteiger partial charge in [0.25, 0.3) is 5.97 Å². The maximum atomic E-state index is 12.4. The van der Waals surface area contributed by atoms with Crippen LogP contribution in [0.25, 0.3) is 11.5 Å². The Hall–Kier alpha value is -0.816. The van der Waals surface area contributed by atoms with Gasteiger partial charge in [-0.05, 0) is 50.9 Å². The first kappa shape index (κ1) is 25.2. The molecule has 2 aromatic rings. The standard InChI is InChI=1S/C13H18NO2.C6H4BrFN.Y/c1-13(2,3)16-12(15)11(14)9-10-7-5-4-6-8-10;7-4-1-2-6(9)5(8)3-4;/h4-8,11,14H,9H2,1-3H3;1-3,9H;/q2*-1;. The number of esters is 1. The summed E-state index contributed by atoms with van der Waals surface area (Å²) < 4.78 is 18.2. The zero-order chi connectivity index (χ0) is 19.0. The Labute approximate surface area is 187 Å². The van der Waals surface area contributed by atoms with Gasteiger partial charge in [-0.3, -0.25) is 4.79 Å². The molecule has 26 heavy (non-hydrogen) atoms. The van der Waals surface area contributed by atoms with Gasteiger partial charge in [0.2, 0.25) is 0 Å². The summed E-state index contributed by atoms with van der Waals surface area (Å²) in [6.45, 7) is 5.42. The predicted molar refractivity (Wildman–Crippen MR) is 102 cm³/mol. The van der Waals surface area contributed by atoms with E-state index in [1.807, 2.05) is 30.3 Å². The number of hydrogen-bond acceptors (Lipinski definition) is 2. The van der Waals surface area contributed by atoms with E-state index in [0.29, 0.717) is 10.9 Å². The average molecular weight is 498 g/mol. The van der Waals surface area contributed by atoms with Crippen LogP contribution in [0, 0.1) is 5.82 Å². The molecule has 2 aromatic carbocycles. The second-order valence-electron chi connectivity index (χ2n) is 6.40. The third-order valence-electron chi connectivity index (χ3n) is 2.91. The van der Waals surface area contributed by atoms with Gasteiger partial charge in [-0.15, -0.1) is 5.69 Å². The molecule has 1 atom stereocenters. The smallest absolute Gasteiger partial charge is 0.288 e. The summed E-state index contributed by atoms with van der Waals surface area (Å²) >= 11 is 3.07. The van der Waals surface area contributed by atoms with Crippen LogP contribution in [0.2, 0.25) is 0 Å². The first-order chi connectivity index (χ1) is 11.6. The van der Waals surface area contributed by atoms with Crippen LogP contribution in [0.15, 0.2) is 53.0 Å². The minimum atomic E-state index is -0.846. The second kappa shape index (κ2) is 11.8. The Balaban J connectivity index is 0.000000532. The quantitative estimate of drug-likeness (QED) is 0.469. The van der Waals surface area contributed by atoms with Crippen LogP contribution in [-0.4, -0.2) is 17.6 Å². The van der Waals surface area contributed by atoms with Crippen molar-refractivity contribution in [3.05, 3.63) is 75.9 Å². The van der Waals surface area contributed by atoms with Crippen molar-refractivity contribution >= 4 is 27.6 Å². The molecule has 139 valence electrons. The van der Waals surface area contributed by atoms with Crippen LogP contribution in [-0.2, 0) is 48.7 Å². The molecule has 0 saturated heterocycles. The summed E-state index contributed by atoms with van der Waals surface area (Å²) in [4.78, 5) is 11.6.